The molecule has 1 aliphatic carbocycles. The fraction of sp³-hybridized carbons (Fsp3) is 0.600. The lowest BCUT2D eigenvalue weighted by atomic mass is 9.86. The lowest BCUT2D eigenvalue weighted by Gasteiger charge is -2.33. The molecular formula is C15H23N3S. The van der Waals surface area contributed by atoms with Crippen molar-refractivity contribution in [1.29, 1.82) is 0 Å². The highest BCUT2D eigenvalue weighted by molar-refractivity contribution is 7.80. The highest BCUT2D eigenvalue weighted by Gasteiger charge is 2.22. The van der Waals surface area contributed by atoms with Gasteiger partial charge in [0.1, 0.15) is 10.7 Å². The minimum absolute atomic E-state index is 0.390. The van der Waals surface area contributed by atoms with E-state index >= 15 is 0 Å². The van der Waals surface area contributed by atoms with Crippen molar-refractivity contribution in [3.63, 3.8) is 0 Å². The van der Waals surface area contributed by atoms with Crippen LogP contribution in [0.3, 0.4) is 0 Å². The number of pyridine rings is 1. The summed E-state index contributed by atoms with van der Waals surface area (Å²) in [5, 5.41) is 0. The van der Waals surface area contributed by atoms with Crippen molar-refractivity contribution in [2.75, 3.05) is 7.05 Å². The zero-order chi connectivity index (χ0) is 13.8. The molecule has 1 saturated carbocycles. The molecule has 1 aromatic heterocycles. The Morgan fingerprint density at radius 1 is 1.42 bits per heavy atom. The summed E-state index contributed by atoms with van der Waals surface area (Å²) in [5.41, 5.74) is 7.64. The molecule has 0 saturated heterocycles. The molecule has 3 nitrogen and oxygen atoms in total. The van der Waals surface area contributed by atoms with Crippen LogP contribution in [0.1, 0.15) is 43.9 Å². The van der Waals surface area contributed by atoms with Crippen molar-refractivity contribution in [2.24, 2.45) is 11.7 Å². The first-order valence-corrected chi connectivity index (χ1v) is 7.42. The van der Waals surface area contributed by atoms with Gasteiger partial charge in [0.15, 0.2) is 0 Å². The van der Waals surface area contributed by atoms with E-state index < -0.39 is 0 Å². The summed E-state index contributed by atoms with van der Waals surface area (Å²) in [5.74, 6) is 0.884. The van der Waals surface area contributed by atoms with Crippen molar-refractivity contribution in [1.82, 2.24) is 9.88 Å². The smallest absolute Gasteiger partial charge is 0.123 e. The first-order chi connectivity index (χ1) is 9.08. The Labute approximate surface area is 121 Å². The molecular weight excluding hydrogens is 254 g/mol. The monoisotopic (exact) mass is 277 g/mol. The minimum atomic E-state index is 0.390. The molecule has 1 aromatic rings. The van der Waals surface area contributed by atoms with Gasteiger partial charge >= 0.3 is 0 Å². The predicted molar refractivity (Wildman–Crippen MR) is 83.0 cm³/mol. The van der Waals surface area contributed by atoms with Crippen LogP contribution in [0.5, 0.6) is 0 Å². The molecule has 0 unspecified atom stereocenters. The number of aromatic nitrogens is 1. The van der Waals surface area contributed by atoms with E-state index in [0.29, 0.717) is 11.0 Å². The summed E-state index contributed by atoms with van der Waals surface area (Å²) in [4.78, 5) is 7.11. The lowest BCUT2D eigenvalue weighted by Crippen LogP contribution is -2.35. The summed E-state index contributed by atoms with van der Waals surface area (Å²) in [6.07, 6.45) is 7.01. The molecule has 1 fully saturated rings. The van der Waals surface area contributed by atoms with E-state index in [4.69, 9.17) is 18.0 Å². The van der Waals surface area contributed by atoms with E-state index in [1.807, 2.05) is 6.07 Å². The highest BCUT2D eigenvalue weighted by atomic mass is 32.1. The van der Waals surface area contributed by atoms with Crippen LogP contribution in [0.25, 0.3) is 0 Å². The average molecular weight is 277 g/mol. The Kier molecular flexibility index (Phi) is 4.88. The van der Waals surface area contributed by atoms with Gasteiger partial charge in [-0.15, -0.1) is 0 Å². The molecule has 0 spiro atoms. The van der Waals surface area contributed by atoms with Gasteiger partial charge in [0, 0.05) is 18.8 Å². The zero-order valence-electron chi connectivity index (χ0n) is 11.8. The van der Waals surface area contributed by atoms with Gasteiger partial charge in [0.25, 0.3) is 0 Å². The van der Waals surface area contributed by atoms with Crippen molar-refractivity contribution >= 4 is 17.2 Å². The maximum Gasteiger partial charge on any atom is 0.123 e. The number of rotatable bonds is 4. The highest BCUT2D eigenvalue weighted by Crippen LogP contribution is 2.27. The molecule has 4 heteroatoms. The molecule has 0 aromatic carbocycles. The molecule has 0 aliphatic heterocycles. The average Bonchev–Trinajstić information content (AvgIpc) is 2.39. The van der Waals surface area contributed by atoms with Crippen LogP contribution in [-0.2, 0) is 6.54 Å². The standard InChI is InChI=1S/C15H23N3S/c1-11-5-7-13(8-6-11)18(2)10-12-4-3-9-17-14(12)15(16)19/h3-4,9,11,13H,5-8,10H2,1-2H3,(H2,16,19). The van der Waals surface area contributed by atoms with E-state index in [1.54, 1.807) is 6.20 Å². The summed E-state index contributed by atoms with van der Waals surface area (Å²) < 4.78 is 0. The van der Waals surface area contributed by atoms with E-state index in [-0.39, 0.29) is 0 Å². The molecule has 2 N–H and O–H groups in total. The third-order valence-electron chi connectivity index (χ3n) is 4.15. The quantitative estimate of drug-likeness (QED) is 0.859. The summed E-state index contributed by atoms with van der Waals surface area (Å²) in [6, 6.07) is 4.70. The predicted octanol–water partition coefficient (Wildman–Crippen LogP) is 2.73. The molecule has 0 bridgehead atoms. The second-order valence-electron chi connectivity index (χ2n) is 5.70. The third kappa shape index (κ3) is 3.74. The Hall–Kier alpha value is -1.00. The fourth-order valence-corrected chi connectivity index (χ4v) is 3.05. The number of thiocarbonyl (C=S) groups is 1. The maximum absolute atomic E-state index is 5.74. The van der Waals surface area contributed by atoms with Crippen LogP contribution in [0.2, 0.25) is 0 Å². The Morgan fingerprint density at radius 3 is 2.74 bits per heavy atom. The second-order valence-corrected chi connectivity index (χ2v) is 6.14. The lowest BCUT2D eigenvalue weighted by molar-refractivity contribution is 0.163. The van der Waals surface area contributed by atoms with Gasteiger partial charge in [0.2, 0.25) is 0 Å². The van der Waals surface area contributed by atoms with E-state index in [0.717, 1.165) is 23.7 Å². The van der Waals surface area contributed by atoms with Crippen molar-refractivity contribution in [3.8, 4) is 0 Å². The van der Waals surface area contributed by atoms with Gasteiger partial charge in [-0.1, -0.05) is 25.2 Å². The SMILES string of the molecule is CC1CCC(N(C)Cc2cccnc2C(N)=S)CC1. The Bertz CT molecular complexity index is 439. The van der Waals surface area contributed by atoms with Crippen molar-refractivity contribution in [2.45, 2.75) is 45.2 Å². The number of nitrogens with two attached hydrogens (primary N) is 1. The maximum atomic E-state index is 5.74. The summed E-state index contributed by atoms with van der Waals surface area (Å²) in [7, 11) is 2.19. The third-order valence-corrected chi connectivity index (χ3v) is 4.35. The molecule has 104 valence electrons. The van der Waals surface area contributed by atoms with Gasteiger partial charge in [0.05, 0.1) is 0 Å². The Balaban J connectivity index is 2.02. The molecule has 2 rings (SSSR count). The van der Waals surface area contributed by atoms with Crippen LogP contribution in [0.4, 0.5) is 0 Å². The molecule has 0 amide bonds. The van der Waals surface area contributed by atoms with Gasteiger partial charge in [-0.25, -0.2) is 0 Å². The topological polar surface area (TPSA) is 42.2 Å². The first kappa shape index (κ1) is 14.4. The van der Waals surface area contributed by atoms with Gasteiger partial charge < -0.3 is 5.73 Å². The molecule has 0 radical (unpaired) electrons. The number of nitrogens with zero attached hydrogens (tertiary/aromatic N) is 2. The van der Waals surface area contributed by atoms with Gasteiger partial charge in [-0.3, -0.25) is 9.88 Å². The van der Waals surface area contributed by atoms with Crippen LogP contribution in [0, 0.1) is 5.92 Å². The van der Waals surface area contributed by atoms with E-state index in [2.05, 4.69) is 29.9 Å². The Morgan fingerprint density at radius 2 is 2.11 bits per heavy atom. The van der Waals surface area contributed by atoms with Crippen molar-refractivity contribution < 1.29 is 0 Å². The van der Waals surface area contributed by atoms with Crippen LogP contribution in [-0.4, -0.2) is 28.0 Å². The largest absolute Gasteiger partial charge is 0.388 e. The minimum Gasteiger partial charge on any atom is -0.388 e. The van der Waals surface area contributed by atoms with E-state index in [9.17, 15) is 0 Å². The van der Waals surface area contributed by atoms with E-state index in [1.165, 1.54) is 25.7 Å². The molecule has 1 aliphatic rings. The number of hydrogen-bond donors (Lipinski definition) is 1. The zero-order valence-corrected chi connectivity index (χ0v) is 12.6. The second kappa shape index (κ2) is 6.44. The van der Waals surface area contributed by atoms with Crippen LogP contribution < -0.4 is 5.73 Å². The van der Waals surface area contributed by atoms with Crippen LogP contribution >= 0.6 is 12.2 Å². The molecule has 19 heavy (non-hydrogen) atoms. The normalized spacial score (nSPS) is 23.5. The van der Waals surface area contributed by atoms with Gasteiger partial charge in [-0.05, 0) is 50.3 Å². The van der Waals surface area contributed by atoms with Gasteiger partial charge in [-0.2, -0.15) is 0 Å². The van der Waals surface area contributed by atoms with Crippen LogP contribution in [0.15, 0.2) is 18.3 Å². The molecule has 1 heterocycles. The number of hydrogen-bond acceptors (Lipinski definition) is 3. The summed E-state index contributed by atoms with van der Waals surface area (Å²) in [6.45, 7) is 3.22. The summed E-state index contributed by atoms with van der Waals surface area (Å²) >= 11 is 5.07. The molecule has 0 atom stereocenters. The first-order valence-electron chi connectivity index (χ1n) is 7.02. The van der Waals surface area contributed by atoms with Crippen molar-refractivity contribution in [3.05, 3.63) is 29.6 Å². The fourth-order valence-electron chi connectivity index (χ4n) is 2.87.